The van der Waals surface area contributed by atoms with E-state index in [1.54, 1.807) is 6.20 Å². The van der Waals surface area contributed by atoms with Gasteiger partial charge in [0, 0.05) is 5.56 Å². The van der Waals surface area contributed by atoms with E-state index in [0.717, 1.165) is 5.52 Å². The Morgan fingerprint density at radius 1 is 1.14 bits per heavy atom. The van der Waals surface area contributed by atoms with Gasteiger partial charge < -0.3 is 0 Å². The standard InChI is InChI=1S/C18H15FN2/c19-18-14(8-9-17-16(18)11-20-21-17)10-15(13-6-7-13)12-4-2-1-3-5-12/h1-5,8-11,13H,6-7H2,(H,20,21)/b15-10-. The minimum atomic E-state index is -0.199. The molecule has 1 fully saturated rings. The number of halogens is 1. The summed E-state index contributed by atoms with van der Waals surface area (Å²) in [5.41, 5.74) is 3.79. The lowest BCUT2D eigenvalue weighted by Crippen LogP contribution is -1.89. The highest BCUT2D eigenvalue weighted by Crippen LogP contribution is 2.43. The fourth-order valence-electron chi connectivity index (χ4n) is 2.74. The number of hydrogen-bond donors (Lipinski definition) is 1. The Morgan fingerprint density at radius 3 is 2.71 bits per heavy atom. The summed E-state index contributed by atoms with van der Waals surface area (Å²) in [6, 6.07) is 14.0. The van der Waals surface area contributed by atoms with Crippen LogP contribution >= 0.6 is 0 Å². The van der Waals surface area contributed by atoms with Gasteiger partial charge in [0.05, 0.1) is 17.1 Å². The van der Waals surface area contributed by atoms with E-state index in [9.17, 15) is 4.39 Å². The first kappa shape index (κ1) is 12.3. The average molecular weight is 278 g/mol. The normalized spacial score (nSPS) is 15.6. The highest BCUT2D eigenvalue weighted by molar-refractivity contribution is 5.88. The number of rotatable bonds is 3. The molecular formula is C18H15FN2. The van der Waals surface area contributed by atoms with Gasteiger partial charge in [0.1, 0.15) is 5.82 Å². The molecule has 2 nitrogen and oxygen atoms in total. The molecule has 1 N–H and O–H groups in total. The molecule has 1 aromatic heterocycles. The number of aromatic nitrogens is 2. The molecule has 3 aromatic rings. The van der Waals surface area contributed by atoms with E-state index in [0.29, 0.717) is 16.9 Å². The highest BCUT2D eigenvalue weighted by atomic mass is 19.1. The molecule has 0 unspecified atom stereocenters. The van der Waals surface area contributed by atoms with Gasteiger partial charge >= 0.3 is 0 Å². The first-order chi connectivity index (χ1) is 10.3. The van der Waals surface area contributed by atoms with Gasteiger partial charge in [-0.05, 0) is 48.1 Å². The summed E-state index contributed by atoms with van der Waals surface area (Å²) in [6.07, 6.45) is 5.92. The maximum absolute atomic E-state index is 14.6. The van der Waals surface area contributed by atoms with Crippen molar-refractivity contribution in [2.45, 2.75) is 12.8 Å². The fourth-order valence-corrected chi connectivity index (χ4v) is 2.74. The van der Waals surface area contributed by atoms with Crippen molar-refractivity contribution in [1.29, 1.82) is 0 Å². The molecule has 4 rings (SSSR count). The molecule has 0 saturated heterocycles. The van der Waals surface area contributed by atoms with E-state index in [-0.39, 0.29) is 5.82 Å². The highest BCUT2D eigenvalue weighted by Gasteiger charge is 2.27. The van der Waals surface area contributed by atoms with Crippen LogP contribution in [0.1, 0.15) is 24.0 Å². The lowest BCUT2D eigenvalue weighted by Gasteiger charge is -2.07. The molecule has 2 aromatic carbocycles. The number of benzene rings is 2. The number of nitrogens with one attached hydrogen (secondary N) is 1. The third kappa shape index (κ3) is 2.25. The molecule has 1 aliphatic rings. The first-order valence-electron chi connectivity index (χ1n) is 7.21. The van der Waals surface area contributed by atoms with E-state index in [4.69, 9.17) is 0 Å². The van der Waals surface area contributed by atoms with Crippen LogP contribution in [0.15, 0.2) is 48.7 Å². The molecule has 0 spiro atoms. The fraction of sp³-hybridized carbons (Fsp3) is 0.167. The second-order valence-electron chi connectivity index (χ2n) is 5.54. The van der Waals surface area contributed by atoms with E-state index in [1.807, 2.05) is 36.4 Å². The second-order valence-corrected chi connectivity index (χ2v) is 5.54. The smallest absolute Gasteiger partial charge is 0.141 e. The zero-order valence-corrected chi connectivity index (χ0v) is 11.5. The molecule has 1 heterocycles. The Hall–Kier alpha value is -2.42. The number of hydrogen-bond acceptors (Lipinski definition) is 1. The number of fused-ring (bicyclic) bond motifs is 1. The monoisotopic (exact) mass is 278 g/mol. The Balaban J connectivity index is 1.84. The zero-order valence-electron chi connectivity index (χ0n) is 11.5. The van der Waals surface area contributed by atoms with Gasteiger partial charge in [0.25, 0.3) is 0 Å². The third-order valence-electron chi connectivity index (χ3n) is 4.02. The maximum Gasteiger partial charge on any atom is 0.141 e. The number of nitrogens with zero attached hydrogens (tertiary/aromatic N) is 1. The lowest BCUT2D eigenvalue weighted by molar-refractivity contribution is 0.637. The predicted molar refractivity (Wildman–Crippen MR) is 83.1 cm³/mol. The summed E-state index contributed by atoms with van der Waals surface area (Å²) in [5.74, 6) is 0.363. The van der Waals surface area contributed by atoms with E-state index in [1.165, 1.54) is 24.0 Å². The third-order valence-corrected chi connectivity index (χ3v) is 4.02. The van der Waals surface area contributed by atoms with Gasteiger partial charge in [0.15, 0.2) is 0 Å². The predicted octanol–water partition coefficient (Wildman–Crippen LogP) is 4.65. The average Bonchev–Trinajstić information content (AvgIpc) is 3.24. The molecule has 0 radical (unpaired) electrons. The van der Waals surface area contributed by atoms with Gasteiger partial charge in [-0.25, -0.2) is 4.39 Å². The van der Waals surface area contributed by atoms with Crippen LogP contribution in [-0.4, -0.2) is 10.2 Å². The molecule has 1 aliphatic carbocycles. The lowest BCUT2D eigenvalue weighted by atomic mass is 9.98. The van der Waals surface area contributed by atoms with Crippen molar-refractivity contribution < 1.29 is 4.39 Å². The van der Waals surface area contributed by atoms with Crippen LogP contribution in [0.4, 0.5) is 4.39 Å². The van der Waals surface area contributed by atoms with E-state index >= 15 is 0 Å². The zero-order chi connectivity index (χ0) is 14.2. The van der Waals surface area contributed by atoms with Crippen LogP contribution in [0.5, 0.6) is 0 Å². The number of aromatic amines is 1. The molecule has 0 aliphatic heterocycles. The second kappa shape index (κ2) is 4.85. The Bertz CT molecular complexity index is 814. The van der Waals surface area contributed by atoms with Crippen LogP contribution in [-0.2, 0) is 0 Å². The van der Waals surface area contributed by atoms with Crippen molar-refractivity contribution >= 4 is 22.6 Å². The topological polar surface area (TPSA) is 28.7 Å². The molecule has 21 heavy (non-hydrogen) atoms. The van der Waals surface area contributed by atoms with Crippen LogP contribution in [0.2, 0.25) is 0 Å². The van der Waals surface area contributed by atoms with Crippen LogP contribution < -0.4 is 0 Å². The van der Waals surface area contributed by atoms with Gasteiger partial charge in [-0.2, -0.15) is 5.10 Å². The molecular weight excluding hydrogens is 263 g/mol. The van der Waals surface area contributed by atoms with Crippen molar-refractivity contribution in [2.75, 3.05) is 0 Å². The van der Waals surface area contributed by atoms with Crippen LogP contribution in [0, 0.1) is 11.7 Å². The Labute approximate surface area is 122 Å². The van der Waals surface area contributed by atoms with E-state index < -0.39 is 0 Å². The summed E-state index contributed by atoms with van der Waals surface area (Å²) in [6.45, 7) is 0. The minimum Gasteiger partial charge on any atom is -0.278 e. The van der Waals surface area contributed by atoms with Gasteiger partial charge in [0.2, 0.25) is 0 Å². The van der Waals surface area contributed by atoms with Crippen molar-refractivity contribution in [1.82, 2.24) is 10.2 Å². The molecule has 104 valence electrons. The van der Waals surface area contributed by atoms with Gasteiger partial charge in [-0.15, -0.1) is 0 Å². The van der Waals surface area contributed by atoms with Gasteiger partial charge in [-0.3, -0.25) is 5.10 Å². The van der Waals surface area contributed by atoms with Gasteiger partial charge in [-0.1, -0.05) is 30.3 Å². The number of H-pyrrole nitrogens is 1. The molecule has 0 amide bonds. The molecule has 0 atom stereocenters. The van der Waals surface area contributed by atoms with Crippen LogP contribution in [0.25, 0.3) is 22.6 Å². The molecule has 0 bridgehead atoms. The van der Waals surface area contributed by atoms with Crippen LogP contribution in [0.3, 0.4) is 0 Å². The Morgan fingerprint density at radius 2 is 1.95 bits per heavy atom. The van der Waals surface area contributed by atoms with Crippen molar-refractivity contribution in [3.8, 4) is 0 Å². The summed E-state index contributed by atoms with van der Waals surface area (Å²) in [7, 11) is 0. The summed E-state index contributed by atoms with van der Waals surface area (Å²) >= 11 is 0. The Kier molecular flexibility index (Phi) is 2.85. The largest absolute Gasteiger partial charge is 0.278 e. The quantitative estimate of drug-likeness (QED) is 0.694. The molecule has 3 heteroatoms. The van der Waals surface area contributed by atoms with Crippen molar-refractivity contribution in [3.05, 3.63) is 65.6 Å². The van der Waals surface area contributed by atoms with Crippen molar-refractivity contribution in [2.24, 2.45) is 5.92 Å². The number of allylic oxidation sites excluding steroid dienone is 1. The SMILES string of the molecule is Fc1c(/C=C(/c2ccccc2)C2CC2)ccc2[nH]ncc12. The minimum absolute atomic E-state index is 0.199. The van der Waals surface area contributed by atoms with E-state index in [2.05, 4.69) is 22.3 Å². The van der Waals surface area contributed by atoms with Crippen molar-refractivity contribution in [3.63, 3.8) is 0 Å². The first-order valence-corrected chi connectivity index (χ1v) is 7.21. The maximum atomic E-state index is 14.6. The summed E-state index contributed by atoms with van der Waals surface area (Å²) in [5, 5.41) is 7.25. The molecule has 1 saturated carbocycles. The summed E-state index contributed by atoms with van der Waals surface area (Å²) in [4.78, 5) is 0. The summed E-state index contributed by atoms with van der Waals surface area (Å²) < 4.78 is 14.6.